The molecule has 2 fully saturated rings. The third kappa shape index (κ3) is 12.6. The van der Waals surface area contributed by atoms with E-state index in [1.54, 1.807) is 0 Å². The van der Waals surface area contributed by atoms with Crippen LogP contribution in [0.3, 0.4) is 0 Å². The van der Waals surface area contributed by atoms with Crippen LogP contribution < -0.4 is 0 Å². The minimum Gasteiger partial charge on any atom is -0.504 e. The van der Waals surface area contributed by atoms with Gasteiger partial charge in [0.05, 0.1) is 64.1 Å². The molecule has 25 heteroatoms. The maximum Gasteiger partial charge on any atom is 0.337 e. The molecule has 14 unspecified atom stereocenters. The summed E-state index contributed by atoms with van der Waals surface area (Å²) in [5.41, 5.74) is -0.246. The van der Waals surface area contributed by atoms with Gasteiger partial charge in [-0.1, -0.05) is 12.1 Å². The third-order valence-corrected chi connectivity index (χ3v) is 11.1. The highest BCUT2D eigenvalue weighted by molar-refractivity contribution is 5.91. The number of carbonyl (C=O) groups excluding carboxylic acids is 4. The fraction of sp³-hybridized carbons (Fsp3) is 0.571. The Balaban J connectivity index is 1.40. The summed E-state index contributed by atoms with van der Waals surface area (Å²) in [6, 6.07) is 3.77. The number of hydrogen-bond acceptors (Lipinski definition) is 25. The standard InChI is InChI=1S/C42H54O25/c1-58-37(56)23-16-62-40(67-42-36(55)34(53)32(51)28(14-45)65-42)21(19(23)4-6-29(48)61-15-18-3-5-25(46)26(47)11-18)8-10-60-30(49)12-22-20(7-9-43)39(63-17-24(22)38(57)59-2)66-41-35(54)33(52)31(50)27(13-44)64-41/h3,5,7-8,11,16-17,19,22,27-28,31-36,39-47,50-55H,4,6,9-10,12-15H2,1-2H3. The van der Waals surface area contributed by atoms with Gasteiger partial charge in [0.1, 0.15) is 62.0 Å². The van der Waals surface area contributed by atoms with E-state index in [0.29, 0.717) is 5.56 Å². The van der Waals surface area contributed by atoms with Crippen LogP contribution in [0.5, 0.6) is 11.5 Å². The highest BCUT2D eigenvalue weighted by atomic mass is 16.8. The van der Waals surface area contributed by atoms with Crippen molar-refractivity contribution in [3.63, 3.8) is 0 Å². The van der Waals surface area contributed by atoms with Crippen LogP contribution in [0.1, 0.15) is 24.8 Å². The summed E-state index contributed by atoms with van der Waals surface area (Å²) in [6.07, 6.45) is -17.8. The van der Waals surface area contributed by atoms with Gasteiger partial charge < -0.3 is 104 Å². The van der Waals surface area contributed by atoms with Crippen LogP contribution in [0.15, 0.2) is 65.2 Å². The number of carbonyl (C=O) groups is 4. The lowest BCUT2D eigenvalue weighted by atomic mass is 9.85. The van der Waals surface area contributed by atoms with Crippen LogP contribution in [0.25, 0.3) is 0 Å². The maximum absolute atomic E-state index is 13.7. The fourth-order valence-electron chi connectivity index (χ4n) is 7.47. The second kappa shape index (κ2) is 24.2. The molecule has 0 amide bonds. The van der Waals surface area contributed by atoms with Crippen molar-refractivity contribution >= 4 is 23.9 Å². The van der Waals surface area contributed by atoms with E-state index in [2.05, 4.69) is 0 Å². The molecule has 0 aromatic heterocycles. The quantitative estimate of drug-likeness (QED) is 0.0293. The van der Waals surface area contributed by atoms with Crippen molar-refractivity contribution in [3.05, 3.63) is 70.7 Å². The molecule has 0 aliphatic carbocycles. The normalized spacial score (nSPS) is 33.1. The number of methoxy groups -OCH3 is 2. The summed E-state index contributed by atoms with van der Waals surface area (Å²) in [7, 11) is 2.11. The van der Waals surface area contributed by atoms with Crippen LogP contribution in [-0.2, 0) is 73.2 Å². The second-order valence-corrected chi connectivity index (χ2v) is 15.3. The number of phenols is 2. The molecule has 25 nitrogen and oxygen atoms in total. The van der Waals surface area contributed by atoms with E-state index in [-0.39, 0.29) is 35.3 Å². The first-order chi connectivity index (χ1) is 32.0. The van der Waals surface area contributed by atoms with Gasteiger partial charge in [-0.05, 0) is 30.2 Å². The highest BCUT2D eigenvalue weighted by Crippen LogP contribution is 2.39. The first-order valence-electron chi connectivity index (χ1n) is 20.6. The Hall–Kier alpha value is -5.26. The summed E-state index contributed by atoms with van der Waals surface area (Å²) >= 11 is 0. The number of aromatic hydroxyl groups is 2. The number of esters is 4. The van der Waals surface area contributed by atoms with E-state index in [1.165, 1.54) is 24.3 Å². The number of aliphatic hydroxyl groups excluding tert-OH is 9. The molecule has 1 aromatic rings. The van der Waals surface area contributed by atoms with E-state index in [4.69, 9.17) is 47.4 Å². The van der Waals surface area contributed by atoms with Crippen molar-refractivity contribution in [1.29, 1.82) is 0 Å². The molecular weight excluding hydrogens is 904 g/mol. The Morgan fingerprint density at radius 2 is 1.16 bits per heavy atom. The monoisotopic (exact) mass is 958 g/mol. The molecule has 4 aliphatic heterocycles. The van der Waals surface area contributed by atoms with E-state index >= 15 is 0 Å². The van der Waals surface area contributed by atoms with Crippen LogP contribution in [0.4, 0.5) is 0 Å². The molecule has 0 spiro atoms. The summed E-state index contributed by atoms with van der Waals surface area (Å²) in [4.78, 5) is 52.7. The molecule has 11 N–H and O–H groups in total. The lowest BCUT2D eigenvalue weighted by Crippen LogP contribution is -2.60. The van der Waals surface area contributed by atoms with Crippen molar-refractivity contribution in [2.45, 2.75) is 99.9 Å². The second-order valence-electron chi connectivity index (χ2n) is 15.3. The van der Waals surface area contributed by atoms with Crippen molar-refractivity contribution in [3.8, 4) is 11.5 Å². The summed E-state index contributed by atoms with van der Waals surface area (Å²) in [5.74, 6) is -7.07. The lowest BCUT2D eigenvalue weighted by Gasteiger charge is -2.42. The molecule has 4 aliphatic rings. The Morgan fingerprint density at radius 3 is 1.66 bits per heavy atom. The first kappa shape index (κ1) is 52.7. The molecule has 4 heterocycles. The van der Waals surface area contributed by atoms with Gasteiger partial charge in [0.25, 0.3) is 0 Å². The zero-order valence-electron chi connectivity index (χ0n) is 35.9. The average molecular weight is 959 g/mol. The molecule has 2 saturated heterocycles. The van der Waals surface area contributed by atoms with Crippen molar-refractivity contribution < 1.29 is 123 Å². The molecule has 14 atom stereocenters. The molecule has 1 aromatic carbocycles. The molecule has 0 saturated carbocycles. The summed E-state index contributed by atoms with van der Waals surface area (Å²) in [5, 5.41) is 111. The van der Waals surface area contributed by atoms with Crippen LogP contribution in [0.2, 0.25) is 0 Å². The summed E-state index contributed by atoms with van der Waals surface area (Å²) in [6.45, 7) is -3.29. The maximum atomic E-state index is 13.7. The smallest absolute Gasteiger partial charge is 0.337 e. The first-order valence-corrected chi connectivity index (χ1v) is 20.6. The fourth-order valence-corrected chi connectivity index (χ4v) is 7.47. The Morgan fingerprint density at radius 1 is 0.642 bits per heavy atom. The van der Waals surface area contributed by atoms with E-state index in [1.807, 2.05) is 0 Å². The Kier molecular flexibility index (Phi) is 19.0. The number of hydrogen-bond donors (Lipinski definition) is 11. The van der Waals surface area contributed by atoms with E-state index in [0.717, 1.165) is 32.8 Å². The molecule has 372 valence electrons. The van der Waals surface area contributed by atoms with Gasteiger partial charge >= 0.3 is 23.9 Å². The number of phenolic OH excluding ortho intramolecular Hbond substituents is 2. The Bertz CT molecular complexity index is 2010. The Labute approximate surface area is 380 Å². The molecule has 67 heavy (non-hydrogen) atoms. The van der Waals surface area contributed by atoms with E-state index in [9.17, 15) is 75.3 Å². The zero-order chi connectivity index (χ0) is 49.1. The van der Waals surface area contributed by atoms with Crippen LogP contribution in [0, 0.1) is 11.8 Å². The molecular formula is C42H54O25. The average Bonchev–Trinajstić information content (AvgIpc) is 3.32. The van der Waals surface area contributed by atoms with Gasteiger partial charge in [-0.15, -0.1) is 0 Å². The third-order valence-electron chi connectivity index (χ3n) is 11.1. The lowest BCUT2D eigenvalue weighted by molar-refractivity contribution is -0.328. The minimum absolute atomic E-state index is 0.0426. The topological polar surface area (TPSA) is 383 Å². The largest absolute Gasteiger partial charge is 0.504 e. The number of aliphatic hydroxyl groups is 9. The predicted molar refractivity (Wildman–Crippen MR) is 214 cm³/mol. The van der Waals surface area contributed by atoms with Crippen molar-refractivity contribution in [2.24, 2.45) is 11.8 Å². The SMILES string of the molecule is COC(=O)C1=COC(OC2OC(CO)C(O)C(O)C2O)C(=CCOC(=O)CC2C(C(=O)OC)=COC(OC3OC(CO)C(O)C(O)C3O)C2=CCO)C1CCC(=O)OCc1ccc(O)c(O)c1. The molecule has 0 bridgehead atoms. The minimum atomic E-state index is -1.93. The van der Waals surface area contributed by atoms with Crippen LogP contribution >= 0.6 is 0 Å². The highest BCUT2D eigenvalue weighted by Gasteiger charge is 2.49. The van der Waals surface area contributed by atoms with Gasteiger partial charge in [-0.3, -0.25) is 9.59 Å². The van der Waals surface area contributed by atoms with Gasteiger partial charge in [0, 0.05) is 29.4 Å². The van der Waals surface area contributed by atoms with Crippen LogP contribution in [-0.4, -0.2) is 195 Å². The summed E-state index contributed by atoms with van der Waals surface area (Å²) < 4.78 is 54.4. The predicted octanol–water partition coefficient (Wildman–Crippen LogP) is -3.61. The number of benzene rings is 1. The number of rotatable bonds is 18. The van der Waals surface area contributed by atoms with Crippen molar-refractivity contribution in [1.82, 2.24) is 0 Å². The zero-order valence-corrected chi connectivity index (χ0v) is 35.9. The number of ether oxygens (including phenoxy) is 10. The van der Waals surface area contributed by atoms with Gasteiger partial charge in [-0.25, -0.2) is 9.59 Å². The van der Waals surface area contributed by atoms with Gasteiger partial charge in [0.15, 0.2) is 24.1 Å². The van der Waals surface area contributed by atoms with E-state index < -0.39 is 160 Å². The van der Waals surface area contributed by atoms with Gasteiger partial charge in [-0.2, -0.15) is 0 Å². The molecule has 5 rings (SSSR count). The molecule has 0 radical (unpaired) electrons. The van der Waals surface area contributed by atoms with Gasteiger partial charge in [0.2, 0.25) is 12.6 Å². The van der Waals surface area contributed by atoms with Crippen molar-refractivity contribution in [2.75, 3.05) is 40.6 Å².